The van der Waals surface area contributed by atoms with Gasteiger partial charge in [0, 0.05) is 5.56 Å². The maximum atomic E-state index is 4.99. The zero-order valence-corrected chi connectivity index (χ0v) is 8.10. The van der Waals surface area contributed by atoms with Gasteiger partial charge < -0.3 is 4.52 Å². The average Bonchev–Trinajstić information content (AvgIpc) is 2.32. The minimum Gasteiger partial charge on any atom is -0.361 e. The summed E-state index contributed by atoms with van der Waals surface area (Å²) in [5.41, 5.74) is 1.88. The van der Waals surface area contributed by atoms with Crippen LogP contribution in [0.2, 0.25) is 0 Å². The second kappa shape index (κ2) is 3.61. The van der Waals surface area contributed by atoms with Gasteiger partial charge in [-0.25, -0.2) is 4.99 Å². The lowest BCUT2D eigenvalue weighted by atomic mass is 10.1. The Morgan fingerprint density at radius 3 is 2.67 bits per heavy atom. The van der Waals surface area contributed by atoms with Crippen molar-refractivity contribution in [3.8, 4) is 0 Å². The topological polar surface area (TPSA) is 38.4 Å². The summed E-state index contributed by atoms with van der Waals surface area (Å²) in [6.45, 7) is 5.69. The van der Waals surface area contributed by atoms with Crippen molar-refractivity contribution in [3.63, 3.8) is 0 Å². The normalized spacial score (nSPS) is 12.2. The third-order valence-corrected chi connectivity index (χ3v) is 1.86. The number of aryl methyl sites for hydroxylation is 2. The molecule has 12 heavy (non-hydrogen) atoms. The SMILES string of the molecule is Cc1noc(C)c1[C@H](C)N=C=S. The minimum absolute atomic E-state index is 0.00579. The van der Waals surface area contributed by atoms with Crippen molar-refractivity contribution in [2.24, 2.45) is 4.99 Å². The number of nitrogens with zero attached hydrogens (tertiary/aromatic N) is 2. The monoisotopic (exact) mass is 182 g/mol. The molecule has 0 bridgehead atoms. The van der Waals surface area contributed by atoms with E-state index in [0.29, 0.717) is 0 Å². The minimum atomic E-state index is -0.00579. The Morgan fingerprint density at radius 1 is 1.58 bits per heavy atom. The predicted molar refractivity (Wildman–Crippen MR) is 49.4 cm³/mol. The molecule has 0 aliphatic carbocycles. The lowest BCUT2D eigenvalue weighted by molar-refractivity contribution is 0.391. The predicted octanol–water partition coefficient (Wildman–Crippen LogP) is 2.46. The van der Waals surface area contributed by atoms with Gasteiger partial charge in [0.1, 0.15) is 5.76 Å². The fourth-order valence-corrected chi connectivity index (χ4v) is 1.39. The Labute approximate surface area is 76.5 Å². The van der Waals surface area contributed by atoms with Gasteiger partial charge in [-0.15, -0.1) is 0 Å². The first kappa shape index (κ1) is 9.10. The van der Waals surface area contributed by atoms with Gasteiger partial charge >= 0.3 is 0 Å². The van der Waals surface area contributed by atoms with Gasteiger partial charge in [0.25, 0.3) is 0 Å². The lowest BCUT2D eigenvalue weighted by Crippen LogP contribution is -1.92. The maximum Gasteiger partial charge on any atom is 0.139 e. The molecule has 4 heteroatoms. The standard InChI is InChI=1S/C8H10N2OS/c1-5(9-4-12)8-6(2)10-11-7(8)3/h5H,1-3H3/t5-/m0/s1. The fraction of sp³-hybridized carbons (Fsp3) is 0.500. The van der Waals surface area contributed by atoms with Crippen LogP contribution in [0, 0.1) is 13.8 Å². The van der Waals surface area contributed by atoms with Crippen LogP contribution in [0.5, 0.6) is 0 Å². The number of rotatable bonds is 2. The lowest BCUT2D eigenvalue weighted by Gasteiger charge is -2.01. The Balaban J connectivity index is 3.08. The maximum absolute atomic E-state index is 4.99. The summed E-state index contributed by atoms with van der Waals surface area (Å²) in [5.74, 6) is 0.800. The summed E-state index contributed by atoms with van der Waals surface area (Å²) in [7, 11) is 0. The highest BCUT2D eigenvalue weighted by molar-refractivity contribution is 7.78. The summed E-state index contributed by atoms with van der Waals surface area (Å²) < 4.78 is 4.99. The first-order valence-electron chi connectivity index (χ1n) is 3.66. The molecule has 0 aliphatic rings. The van der Waals surface area contributed by atoms with E-state index in [4.69, 9.17) is 4.52 Å². The van der Waals surface area contributed by atoms with Crippen molar-refractivity contribution in [3.05, 3.63) is 17.0 Å². The fourth-order valence-electron chi connectivity index (χ4n) is 1.23. The molecule has 0 spiro atoms. The average molecular weight is 182 g/mol. The van der Waals surface area contributed by atoms with E-state index >= 15 is 0 Å². The molecule has 0 saturated heterocycles. The van der Waals surface area contributed by atoms with Gasteiger partial charge in [0.2, 0.25) is 0 Å². The van der Waals surface area contributed by atoms with E-state index in [2.05, 4.69) is 27.5 Å². The van der Waals surface area contributed by atoms with E-state index in [9.17, 15) is 0 Å². The summed E-state index contributed by atoms with van der Waals surface area (Å²) >= 11 is 4.52. The zero-order chi connectivity index (χ0) is 9.14. The van der Waals surface area contributed by atoms with Crippen LogP contribution in [0.1, 0.15) is 30.0 Å². The molecular formula is C8H10N2OS. The number of aliphatic imine (C=N–C) groups is 1. The smallest absolute Gasteiger partial charge is 0.139 e. The van der Waals surface area contributed by atoms with Crippen molar-refractivity contribution < 1.29 is 4.52 Å². The summed E-state index contributed by atoms with van der Waals surface area (Å²) in [5, 5.41) is 6.17. The van der Waals surface area contributed by atoms with Crippen molar-refractivity contribution >= 4 is 17.4 Å². The molecular weight excluding hydrogens is 172 g/mol. The van der Waals surface area contributed by atoms with E-state index in [1.165, 1.54) is 0 Å². The molecule has 0 aliphatic heterocycles. The number of hydrogen-bond donors (Lipinski definition) is 0. The Kier molecular flexibility index (Phi) is 2.74. The van der Waals surface area contributed by atoms with Crippen LogP contribution >= 0.6 is 12.2 Å². The number of aromatic nitrogens is 1. The molecule has 1 heterocycles. The Bertz CT molecular complexity index is 306. The molecule has 0 fully saturated rings. The summed E-state index contributed by atoms with van der Waals surface area (Å²) in [6, 6.07) is -0.00579. The van der Waals surface area contributed by atoms with Gasteiger partial charge in [-0.3, -0.25) is 0 Å². The van der Waals surface area contributed by atoms with Crippen LogP contribution in [0.25, 0.3) is 0 Å². The molecule has 0 amide bonds. The zero-order valence-electron chi connectivity index (χ0n) is 7.29. The van der Waals surface area contributed by atoms with Crippen molar-refractivity contribution in [2.45, 2.75) is 26.8 Å². The molecule has 1 atom stereocenters. The molecule has 3 nitrogen and oxygen atoms in total. The molecule has 0 radical (unpaired) electrons. The molecule has 0 saturated carbocycles. The highest BCUT2D eigenvalue weighted by atomic mass is 32.1. The molecule has 0 N–H and O–H groups in total. The van der Waals surface area contributed by atoms with Crippen molar-refractivity contribution in [2.75, 3.05) is 0 Å². The van der Waals surface area contributed by atoms with Crippen LogP contribution in [0.4, 0.5) is 0 Å². The second-order valence-corrected chi connectivity index (χ2v) is 2.82. The van der Waals surface area contributed by atoms with E-state index in [-0.39, 0.29) is 6.04 Å². The van der Waals surface area contributed by atoms with Gasteiger partial charge in [0.05, 0.1) is 16.9 Å². The summed E-state index contributed by atoms with van der Waals surface area (Å²) in [6.07, 6.45) is 0. The number of isothiocyanates is 1. The molecule has 0 unspecified atom stereocenters. The van der Waals surface area contributed by atoms with E-state index in [0.717, 1.165) is 17.0 Å². The number of hydrogen-bond acceptors (Lipinski definition) is 4. The van der Waals surface area contributed by atoms with Crippen LogP contribution < -0.4 is 0 Å². The summed E-state index contributed by atoms with van der Waals surface area (Å²) in [4.78, 5) is 3.95. The largest absolute Gasteiger partial charge is 0.361 e. The van der Waals surface area contributed by atoms with E-state index < -0.39 is 0 Å². The third-order valence-electron chi connectivity index (χ3n) is 1.75. The highest BCUT2D eigenvalue weighted by Crippen LogP contribution is 2.23. The van der Waals surface area contributed by atoms with Gasteiger partial charge in [-0.05, 0) is 33.0 Å². The Hall–Kier alpha value is -0.990. The highest BCUT2D eigenvalue weighted by Gasteiger charge is 2.14. The van der Waals surface area contributed by atoms with Crippen LogP contribution in [0.15, 0.2) is 9.52 Å². The van der Waals surface area contributed by atoms with Crippen LogP contribution in [0.3, 0.4) is 0 Å². The van der Waals surface area contributed by atoms with Crippen molar-refractivity contribution in [1.82, 2.24) is 5.16 Å². The molecule has 1 aromatic heterocycles. The number of thiocarbonyl (C=S) groups is 1. The van der Waals surface area contributed by atoms with Gasteiger partial charge in [-0.2, -0.15) is 0 Å². The van der Waals surface area contributed by atoms with Crippen LogP contribution in [-0.4, -0.2) is 10.3 Å². The Morgan fingerprint density at radius 2 is 2.25 bits per heavy atom. The molecule has 1 aromatic rings. The first-order valence-corrected chi connectivity index (χ1v) is 4.07. The van der Waals surface area contributed by atoms with Gasteiger partial charge in [0.15, 0.2) is 0 Å². The molecule has 64 valence electrons. The molecule has 1 rings (SSSR count). The van der Waals surface area contributed by atoms with E-state index in [1.54, 1.807) is 0 Å². The quantitative estimate of drug-likeness (QED) is 0.521. The van der Waals surface area contributed by atoms with Gasteiger partial charge in [-0.1, -0.05) is 5.16 Å². The van der Waals surface area contributed by atoms with Crippen molar-refractivity contribution in [1.29, 1.82) is 0 Å². The molecule has 0 aromatic carbocycles. The first-order chi connectivity index (χ1) is 5.66. The third kappa shape index (κ3) is 1.60. The van der Waals surface area contributed by atoms with E-state index in [1.807, 2.05) is 20.8 Å². The van der Waals surface area contributed by atoms with Crippen LogP contribution in [-0.2, 0) is 0 Å². The second-order valence-electron chi connectivity index (χ2n) is 2.63.